The molecule has 0 amide bonds. The Balaban J connectivity index is 0. The summed E-state index contributed by atoms with van der Waals surface area (Å²) >= 11 is -8.12. The summed E-state index contributed by atoms with van der Waals surface area (Å²) in [5, 5.41) is 0. The van der Waals surface area contributed by atoms with Crippen LogP contribution in [-0.2, 0) is 15.8 Å². The van der Waals surface area contributed by atoms with Gasteiger partial charge in [-0.15, -0.1) is 0 Å². The van der Waals surface area contributed by atoms with Crippen LogP contribution in [0.2, 0.25) is 0 Å². The number of rotatable bonds is 0. The van der Waals surface area contributed by atoms with Gasteiger partial charge in [-0.2, -0.15) is 0 Å². The van der Waals surface area contributed by atoms with Gasteiger partial charge in [0, 0.05) is 0 Å². The van der Waals surface area contributed by atoms with Crippen molar-refractivity contribution in [2.45, 2.75) is 0 Å². The first-order chi connectivity index (χ1) is 2.45. The van der Waals surface area contributed by atoms with E-state index in [0.717, 1.165) is 0 Å². The molecule has 0 fully saturated rings. The molecule has 0 aliphatic rings. The summed E-state index contributed by atoms with van der Waals surface area (Å²) in [6, 6.07) is 0. The van der Waals surface area contributed by atoms with E-state index in [4.69, 9.17) is 22.6 Å². The Morgan fingerprint density at radius 3 is 0.625 bits per heavy atom. The van der Waals surface area contributed by atoms with Crippen molar-refractivity contribution in [1.29, 1.82) is 0 Å². The predicted octanol–water partition coefficient (Wildman–Crippen LogP) is -3.99. The van der Waals surface area contributed by atoms with Crippen LogP contribution in [0, 0.1) is 0 Å². The molecular formula is H7KO6Pt. The van der Waals surface area contributed by atoms with Gasteiger partial charge in [0.05, 0.1) is 0 Å². The van der Waals surface area contributed by atoms with Gasteiger partial charge in [0.1, 0.15) is 0 Å². The molecule has 0 bridgehead atoms. The van der Waals surface area contributed by atoms with Gasteiger partial charge in [-0.3, -0.25) is 0 Å². The standard InChI is InChI=1S/K.6H2O.Pt.H/h;6*1H2;;/q;;;;;;;+6;/p-6. The van der Waals surface area contributed by atoms with Crippen molar-refractivity contribution in [1.82, 2.24) is 0 Å². The van der Waals surface area contributed by atoms with Gasteiger partial charge < -0.3 is 0 Å². The Morgan fingerprint density at radius 1 is 0.625 bits per heavy atom. The molecule has 0 aromatic carbocycles. The molecule has 0 aliphatic carbocycles. The second kappa shape index (κ2) is 2.03. The van der Waals surface area contributed by atoms with Crippen LogP contribution in [-0.4, -0.2) is 73.9 Å². The monoisotopic (exact) mass is 337 g/mol. The summed E-state index contributed by atoms with van der Waals surface area (Å²) in [6.45, 7) is 0. The summed E-state index contributed by atoms with van der Waals surface area (Å²) in [5.74, 6) is 0. The van der Waals surface area contributed by atoms with E-state index in [2.05, 4.69) is 0 Å². The minimum absolute atomic E-state index is 0. The number of hydrogen-bond acceptors (Lipinski definition) is 6. The average molecular weight is 337 g/mol. The van der Waals surface area contributed by atoms with Crippen molar-refractivity contribution in [3.63, 3.8) is 0 Å². The minimum atomic E-state index is -8.12. The van der Waals surface area contributed by atoms with Gasteiger partial charge in [0.2, 0.25) is 0 Å². The Bertz CT molecular complexity index is 67.1. The molecule has 0 rings (SSSR count). The van der Waals surface area contributed by atoms with E-state index in [1.807, 2.05) is 0 Å². The van der Waals surface area contributed by atoms with Crippen LogP contribution >= 0.6 is 0 Å². The van der Waals surface area contributed by atoms with E-state index in [-0.39, 0.29) is 51.4 Å². The molecule has 6 nitrogen and oxygen atoms in total. The summed E-state index contributed by atoms with van der Waals surface area (Å²) in [5.41, 5.74) is 0. The molecule has 0 radical (unpaired) electrons. The molecule has 54 valence electrons. The van der Waals surface area contributed by atoms with E-state index < -0.39 is 15.8 Å². The van der Waals surface area contributed by atoms with Crippen LogP contribution in [0.3, 0.4) is 0 Å². The average Bonchev–Trinajstić information content (AvgIpc) is 0.592. The van der Waals surface area contributed by atoms with Crippen molar-refractivity contribution >= 4 is 51.4 Å². The second-order valence-corrected chi connectivity index (χ2v) is 7.77. The van der Waals surface area contributed by atoms with Gasteiger partial charge in [-0.1, -0.05) is 0 Å². The molecule has 8 heavy (non-hydrogen) atoms. The summed E-state index contributed by atoms with van der Waals surface area (Å²) in [4.78, 5) is 0. The Kier molecular flexibility index (Phi) is 3.24. The van der Waals surface area contributed by atoms with Crippen LogP contribution in [0.1, 0.15) is 0 Å². The number of hydrogen-bond donors (Lipinski definition) is 6. The van der Waals surface area contributed by atoms with E-state index in [1.165, 1.54) is 0 Å². The van der Waals surface area contributed by atoms with E-state index >= 15 is 0 Å². The molecule has 0 unspecified atom stereocenters. The van der Waals surface area contributed by atoms with Gasteiger partial charge in [0.25, 0.3) is 0 Å². The predicted molar refractivity (Wildman–Crippen MR) is 20.5 cm³/mol. The van der Waals surface area contributed by atoms with Gasteiger partial charge in [-0.05, 0) is 0 Å². The van der Waals surface area contributed by atoms with E-state index in [0.29, 0.717) is 0 Å². The molecule has 0 saturated carbocycles. The topological polar surface area (TPSA) is 121 Å². The van der Waals surface area contributed by atoms with Crippen molar-refractivity contribution in [2.24, 2.45) is 0 Å². The van der Waals surface area contributed by atoms with Crippen LogP contribution in [0.15, 0.2) is 0 Å². The molecule has 0 heterocycles. The Labute approximate surface area is 88.0 Å². The summed E-state index contributed by atoms with van der Waals surface area (Å²) in [6.07, 6.45) is 0. The van der Waals surface area contributed by atoms with E-state index in [1.54, 1.807) is 0 Å². The fraction of sp³-hybridized carbons (Fsp3) is 0. The van der Waals surface area contributed by atoms with Crippen molar-refractivity contribution < 1.29 is 38.4 Å². The normalized spacial score (nSPS) is 20.2. The first kappa shape index (κ1) is 12.7. The second-order valence-electron chi connectivity index (χ2n) is 0.949. The molecule has 0 spiro atoms. The fourth-order valence-electron chi connectivity index (χ4n) is 0. The fourth-order valence-corrected chi connectivity index (χ4v) is 0. The quantitative estimate of drug-likeness (QED) is 0.251. The maximum atomic E-state index is 7.41. The Hall–Kier alpha value is 2.08. The molecular weight excluding hydrogens is 330 g/mol. The van der Waals surface area contributed by atoms with Crippen molar-refractivity contribution in [2.75, 3.05) is 0 Å². The molecule has 0 atom stereocenters. The third-order valence-corrected chi connectivity index (χ3v) is 0. The van der Waals surface area contributed by atoms with Crippen LogP contribution in [0.5, 0.6) is 0 Å². The van der Waals surface area contributed by atoms with E-state index in [9.17, 15) is 0 Å². The van der Waals surface area contributed by atoms with Crippen molar-refractivity contribution in [3.8, 4) is 0 Å². The Morgan fingerprint density at radius 2 is 0.625 bits per heavy atom. The summed E-state index contributed by atoms with van der Waals surface area (Å²) in [7, 11) is 0. The third kappa shape index (κ3) is 93.4. The van der Waals surface area contributed by atoms with Gasteiger partial charge in [0.15, 0.2) is 0 Å². The van der Waals surface area contributed by atoms with Gasteiger partial charge >= 0.3 is 89.8 Å². The molecule has 0 aromatic rings. The first-order valence-electron chi connectivity index (χ1n) is 0.849. The molecule has 0 saturated heterocycles. The maximum absolute atomic E-state index is 8.12. The zero-order valence-corrected chi connectivity index (χ0v) is 5.27. The zero-order chi connectivity index (χ0) is 6.41. The summed E-state index contributed by atoms with van der Waals surface area (Å²) < 4.78 is 44.5. The molecule has 8 heteroatoms. The van der Waals surface area contributed by atoms with Crippen molar-refractivity contribution in [3.05, 3.63) is 0 Å². The van der Waals surface area contributed by atoms with Gasteiger partial charge in [-0.25, -0.2) is 0 Å². The first-order valence-corrected chi connectivity index (χ1v) is 6.95. The van der Waals surface area contributed by atoms with Crippen LogP contribution in [0.4, 0.5) is 0 Å². The zero-order valence-electron chi connectivity index (χ0n) is 3.00. The molecule has 0 aromatic heterocycles. The van der Waals surface area contributed by atoms with Crippen LogP contribution < -0.4 is 0 Å². The third-order valence-electron chi connectivity index (χ3n) is 0. The molecule has 6 N–H and O–H groups in total. The van der Waals surface area contributed by atoms with Crippen LogP contribution in [0.25, 0.3) is 0 Å². The SMILES string of the molecule is [KH].[OH][Pt]([OH])([OH])([OH])([OH])[OH]. The molecule has 0 aliphatic heterocycles.